The zero-order valence-electron chi connectivity index (χ0n) is 12.6. The fourth-order valence-corrected chi connectivity index (χ4v) is 3.24. The van der Waals surface area contributed by atoms with Crippen LogP contribution in [0.1, 0.15) is 39.0 Å². The maximum Gasteiger partial charge on any atom is 0.244 e. The number of amides is 1. The molecule has 0 aromatic carbocycles. The van der Waals surface area contributed by atoms with Gasteiger partial charge < -0.3 is 15.4 Å². The Kier molecular flexibility index (Phi) is 4.26. The number of carbonyl (C=O) groups is 1. The Morgan fingerprint density at radius 1 is 1.62 bits per heavy atom. The summed E-state index contributed by atoms with van der Waals surface area (Å²) >= 11 is 0. The molecule has 2 atom stereocenters. The molecule has 1 aromatic heterocycles. The van der Waals surface area contributed by atoms with E-state index in [-0.39, 0.29) is 12.0 Å². The molecule has 2 N–H and O–H groups in total. The van der Waals surface area contributed by atoms with Crippen LogP contribution in [0.15, 0.2) is 12.4 Å². The molecule has 3 heterocycles. The molecule has 2 aliphatic rings. The molecule has 116 valence electrons. The third-order valence-electron chi connectivity index (χ3n) is 4.59. The summed E-state index contributed by atoms with van der Waals surface area (Å²) < 4.78 is 7.46. The molecule has 2 fully saturated rings. The number of ether oxygens (including phenoxy) is 1. The zero-order valence-corrected chi connectivity index (χ0v) is 12.6. The van der Waals surface area contributed by atoms with Crippen LogP contribution in [0.3, 0.4) is 0 Å². The van der Waals surface area contributed by atoms with E-state index in [1.807, 2.05) is 10.9 Å². The van der Waals surface area contributed by atoms with E-state index in [0.717, 1.165) is 57.5 Å². The minimum atomic E-state index is -0.406. The van der Waals surface area contributed by atoms with Gasteiger partial charge in [-0.2, -0.15) is 5.10 Å². The van der Waals surface area contributed by atoms with Gasteiger partial charge in [-0.1, -0.05) is 6.92 Å². The first-order chi connectivity index (χ1) is 10.2. The summed E-state index contributed by atoms with van der Waals surface area (Å²) in [5.41, 5.74) is 0.357. The molecule has 2 aliphatic heterocycles. The first kappa shape index (κ1) is 14.5. The van der Waals surface area contributed by atoms with E-state index in [1.54, 1.807) is 6.20 Å². The molecule has 0 saturated carbocycles. The Hall–Kier alpha value is -1.40. The number of anilines is 1. The molecule has 2 saturated heterocycles. The molecule has 2 unspecified atom stereocenters. The van der Waals surface area contributed by atoms with Crippen LogP contribution in [0, 0.1) is 0 Å². The summed E-state index contributed by atoms with van der Waals surface area (Å²) in [6.45, 7) is 4.57. The zero-order chi connectivity index (χ0) is 14.7. The van der Waals surface area contributed by atoms with Crippen molar-refractivity contribution in [3.8, 4) is 0 Å². The van der Waals surface area contributed by atoms with Gasteiger partial charge in [0.05, 0.1) is 30.1 Å². The molecular weight excluding hydrogens is 268 g/mol. The molecule has 0 aliphatic carbocycles. The number of carbonyl (C=O) groups excluding carboxylic acids is 1. The second kappa shape index (κ2) is 6.15. The second-order valence-corrected chi connectivity index (χ2v) is 6.01. The van der Waals surface area contributed by atoms with Gasteiger partial charge in [-0.05, 0) is 38.6 Å². The van der Waals surface area contributed by atoms with Crippen LogP contribution in [0.25, 0.3) is 0 Å². The minimum Gasteiger partial charge on any atom is -0.376 e. The van der Waals surface area contributed by atoms with Crippen molar-refractivity contribution in [3.63, 3.8) is 0 Å². The van der Waals surface area contributed by atoms with E-state index in [1.165, 1.54) is 0 Å². The van der Waals surface area contributed by atoms with Gasteiger partial charge in [0.25, 0.3) is 0 Å². The summed E-state index contributed by atoms with van der Waals surface area (Å²) in [6, 6.07) is 0. The summed E-state index contributed by atoms with van der Waals surface area (Å²) in [5.74, 6) is 0.0548. The lowest BCUT2D eigenvalue weighted by Crippen LogP contribution is -2.50. The lowest BCUT2D eigenvalue weighted by molar-refractivity contribution is -0.122. The molecule has 6 heteroatoms. The molecule has 6 nitrogen and oxygen atoms in total. The number of hydrogen-bond acceptors (Lipinski definition) is 4. The molecule has 0 radical (unpaired) electrons. The summed E-state index contributed by atoms with van der Waals surface area (Å²) in [5, 5.41) is 10.7. The molecule has 0 bridgehead atoms. The summed E-state index contributed by atoms with van der Waals surface area (Å²) in [7, 11) is 0. The predicted molar refractivity (Wildman–Crippen MR) is 80.1 cm³/mol. The molecule has 21 heavy (non-hydrogen) atoms. The fraction of sp³-hybridized carbons (Fsp3) is 0.733. The van der Waals surface area contributed by atoms with Gasteiger partial charge in [0, 0.05) is 12.8 Å². The number of nitrogens with zero attached hydrogens (tertiary/aromatic N) is 2. The van der Waals surface area contributed by atoms with E-state index in [9.17, 15) is 4.79 Å². The topological polar surface area (TPSA) is 68.2 Å². The predicted octanol–water partition coefficient (Wildman–Crippen LogP) is 1.53. The highest BCUT2D eigenvalue weighted by atomic mass is 16.5. The van der Waals surface area contributed by atoms with Gasteiger partial charge in [0.15, 0.2) is 0 Å². The van der Waals surface area contributed by atoms with Gasteiger partial charge in [-0.15, -0.1) is 0 Å². The Labute approximate surface area is 125 Å². The van der Waals surface area contributed by atoms with E-state index in [0.29, 0.717) is 0 Å². The van der Waals surface area contributed by atoms with Crippen LogP contribution >= 0.6 is 0 Å². The molecule has 1 aromatic rings. The van der Waals surface area contributed by atoms with Crippen molar-refractivity contribution in [1.82, 2.24) is 15.1 Å². The summed E-state index contributed by atoms with van der Waals surface area (Å²) in [6.07, 6.45) is 8.84. The Balaban J connectivity index is 1.59. The van der Waals surface area contributed by atoms with Crippen molar-refractivity contribution in [3.05, 3.63) is 12.4 Å². The fourth-order valence-electron chi connectivity index (χ4n) is 3.24. The number of aromatic nitrogens is 2. The van der Waals surface area contributed by atoms with Gasteiger partial charge in [-0.3, -0.25) is 9.48 Å². The third-order valence-corrected chi connectivity index (χ3v) is 4.59. The third kappa shape index (κ3) is 3.11. The quantitative estimate of drug-likeness (QED) is 0.863. The van der Waals surface area contributed by atoms with E-state index >= 15 is 0 Å². The van der Waals surface area contributed by atoms with Gasteiger partial charge in [0.2, 0.25) is 5.91 Å². The highest BCUT2D eigenvalue weighted by molar-refractivity contribution is 5.98. The van der Waals surface area contributed by atoms with Crippen LogP contribution in [-0.4, -0.2) is 40.5 Å². The minimum absolute atomic E-state index is 0.0548. The summed E-state index contributed by atoms with van der Waals surface area (Å²) in [4.78, 5) is 12.5. The standard InChI is InChI=1S/C15H24N4O2/c1-2-15(6-4-7-16-15)14(20)18-12-9-17-19(10-12)11-13-5-3-8-21-13/h9-10,13,16H,2-8,11H2,1H3,(H,18,20). The maximum absolute atomic E-state index is 12.5. The van der Waals surface area contributed by atoms with Crippen LogP contribution in [0.4, 0.5) is 5.69 Å². The van der Waals surface area contributed by atoms with Crippen molar-refractivity contribution in [2.45, 2.75) is 57.2 Å². The Morgan fingerprint density at radius 3 is 3.19 bits per heavy atom. The van der Waals surface area contributed by atoms with Crippen molar-refractivity contribution >= 4 is 11.6 Å². The Bertz CT molecular complexity index is 488. The first-order valence-corrected chi connectivity index (χ1v) is 7.92. The lowest BCUT2D eigenvalue weighted by Gasteiger charge is -2.26. The highest BCUT2D eigenvalue weighted by Crippen LogP contribution is 2.25. The number of hydrogen-bond donors (Lipinski definition) is 2. The van der Waals surface area contributed by atoms with Crippen molar-refractivity contribution in [2.24, 2.45) is 0 Å². The van der Waals surface area contributed by atoms with Crippen molar-refractivity contribution in [1.29, 1.82) is 0 Å². The van der Waals surface area contributed by atoms with Gasteiger partial charge in [-0.25, -0.2) is 0 Å². The lowest BCUT2D eigenvalue weighted by atomic mass is 9.93. The van der Waals surface area contributed by atoms with Crippen LogP contribution in [-0.2, 0) is 16.1 Å². The molecule has 1 amide bonds. The Morgan fingerprint density at radius 2 is 2.52 bits per heavy atom. The van der Waals surface area contributed by atoms with E-state index in [4.69, 9.17) is 4.74 Å². The monoisotopic (exact) mass is 292 g/mol. The van der Waals surface area contributed by atoms with Crippen molar-refractivity contribution < 1.29 is 9.53 Å². The van der Waals surface area contributed by atoms with Crippen LogP contribution in [0.5, 0.6) is 0 Å². The SMILES string of the molecule is CCC1(C(=O)Nc2cnn(CC3CCCO3)c2)CCCN1. The second-order valence-electron chi connectivity index (χ2n) is 6.01. The average molecular weight is 292 g/mol. The largest absolute Gasteiger partial charge is 0.376 e. The van der Waals surface area contributed by atoms with Crippen LogP contribution in [0.2, 0.25) is 0 Å². The van der Waals surface area contributed by atoms with Gasteiger partial charge >= 0.3 is 0 Å². The first-order valence-electron chi connectivity index (χ1n) is 7.92. The normalized spacial score (nSPS) is 28.9. The van der Waals surface area contributed by atoms with Crippen molar-refractivity contribution in [2.75, 3.05) is 18.5 Å². The number of nitrogens with one attached hydrogen (secondary N) is 2. The van der Waals surface area contributed by atoms with E-state index in [2.05, 4.69) is 22.7 Å². The number of rotatable bonds is 5. The van der Waals surface area contributed by atoms with Crippen LogP contribution < -0.4 is 10.6 Å². The van der Waals surface area contributed by atoms with Gasteiger partial charge in [0.1, 0.15) is 0 Å². The maximum atomic E-state index is 12.5. The van der Waals surface area contributed by atoms with E-state index < -0.39 is 5.54 Å². The molecule has 3 rings (SSSR count). The molecule has 0 spiro atoms. The average Bonchev–Trinajstić information content (AvgIpc) is 3.21. The molecular formula is C15H24N4O2. The highest BCUT2D eigenvalue weighted by Gasteiger charge is 2.39. The smallest absolute Gasteiger partial charge is 0.244 e.